The maximum absolute atomic E-state index is 3.99. The number of pyridine rings is 1. The smallest absolute Gasteiger partial charge is 0.0270 e. The Balaban J connectivity index is 2.59. The number of aromatic nitrogens is 1. The van der Waals surface area contributed by atoms with Gasteiger partial charge in [0.25, 0.3) is 0 Å². The lowest BCUT2D eigenvalue weighted by atomic mass is 9.99. The van der Waals surface area contributed by atoms with Crippen molar-refractivity contribution in [1.29, 1.82) is 0 Å². The van der Waals surface area contributed by atoms with Crippen LogP contribution in [0, 0.1) is 0 Å². The van der Waals surface area contributed by atoms with Gasteiger partial charge in [0.2, 0.25) is 0 Å². The third kappa shape index (κ3) is 2.50. The Kier molecular flexibility index (Phi) is 3.52. The van der Waals surface area contributed by atoms with Crippen LogP contribution in [0.4, 0.5) is 0 Å². The van der Waals surface area contributed by atoms with E-state index in [1.165, 1.54) is 5.56 Å². The number of nitrogens with zero attached hydrogens (tertiary/aromatic N) is 1. The van der Waals surface area contributed by atoms with E-state index in [1.54, 1.807) is 0 Å². The molecule has 1 unspecified atom stereocenters. The first-order valence-electron chi connectivity index (χ1n) is 4.35. The average Bonchev–Trinajstić information content (AvgIpc) is 2.15. The van der Waals surface area contributed by atoms with Crippen LogP contribution in [0.15, 0.2) is 36.7 Å². The van der Waals surface area contributed by atoms with Crippen molar-refractivity contribution in [3.05, 3.63) is 42.2 Å². The summed E-state index contributed by atoms with van der Waals surface area (Å²) in [7, 11) is 0. The van der Waals surface area contributed by atoms with E-state index >= 15 is 0 Å². The molecule has 1 atom stereocenters. The molecule has 0 saturated heterocycles. The van der Waals surface area contributed by atoms with E-state index in [9.17, 15) is 0 Å². The summed E-state index contributed by atoms with van der Waals surface area (Å²) >= 11 is 0. The first-order chi connectivity index (χ1) is 5.84. The summed E-state index contributed by atoms with van der Waals surface area (Å²) in [5.41, 5.74) is 1.36. The van der Waals surface area contributed by atoms with Crippen molar-refractivity contribution in [2.24, 2.45) is 0 Å². The molecule has 0 aliphatic heterocycles. The topological polar surface area (TPSA) is 12.9 Å². The molecule has 0 aliphatic carbocycles. The van der Waals surface area contributed by atoms with Crippen molar-refractivity contribution in [3.63, 3.8) is 0 Å². The molecule has 0 N–H and O–H groups in total. The zero-order valence-electron chi connectivity index (χ0n) is 7.70. The van der Waals surface area contributed by atoms with Crippen molar-refractivity contribution in [1.82, 2.24) is 4.98 Å². The molecular formula is C11H15N. The molecule has 1 rings (SSSR count). The third-order valence-electron chi connectivity index (χ3n) is 2.00. The van der Waals surface area contributed by atoms with Gasteiger partial charge in [-0.05, 0) is 37.0 Å². The number of hydrogen-bond acceptors (Lipinski definition) is 1. The zero-order chi connectivity index (χ0) is 8.81. The lowest BCUT2D eigenvalue weighted by Gasteiger charge is -2.07. The monoisotopic (exact) mass is 161 g/mol. The van der Waals surface area contributed by atoms with Gasteiger partial charge >= 0.3 is 0 Å². The van der Waals surface area contributed by atoms with Gasteiger partial charge in [-0.15, -0.1) is 0 Å². The van der Waals surface area contributed by atoms with Gasteiger partial charge in [-0.2, -0.15) is 0 Å². The van der Waals surface area contributed by atoms with E-state index in [-0.39, 0.29) is 0 Å². The minimum Gasteiger partial charge on any atom is -0.265 e. The molecule has 0 saturated carbocycles. The molecule has 1 aromatic heterocycles. The molecule has 0 spiro atoms. The number of rotatable bonds is 3. The molecule has 0 bridgehead atoms. The summed E-state index contributed by atoms with van der Waals surface area (Å²) in [6.07, 6.45) is 9.10. The SMILES string of the molecule is C/C=C\CC(C)c1ccncc1. The van der Waals surface area contributed by atoms with Gasteiger partial charge in [-0.1, -0.05) is 19.1 Å². The van der Waals surface area contributed by atoms with Crippen LogP contribution in [-0.4, -0.2) is 4.98 Å². The molecule has 0 amide bonds. The fourth-order valence-electron chi connectivity index (χ4n) is 1.17. The predicted molar refractivity (Wildman–Crippen MR) is 52.1 cm³/mol. The molecule has 0 fully saturated rings. The maximum atomic E-state index is 3.99. The Labute approximate surface area is 74.2 Å². The van der Waals surface area contributed by atoms with Crippen molar-refractivity contribution in [2.45, 2.75) is 26.2 Å². The Morgan fingerprint density at radius 1 is 1.42 bits per heavy atom. The first-order valence-corrected chi connectivity index (χ1v) is 4.35. The largest absolute Gasteiger partial charge is 0.265 e. The lowest BCUT2D eigenvalue weighted by molar-refractivity contribution is 0.778. The van der Waals surface area contributed by atoms with Gasteiger partial charge in [-0.25, -0.2) is 0 Å². The molecular weight excluding hydrogens is 146 g/mol. The van der Waals surface area contributed by atoms with E-state index in [1.807, 2.05) is 12.4 Å². The van der Waals surface area contributed by atoms with E-state index in [0.717, 1.165) is 6.42 Å². The summed E-state index contributed by atoms with van der Waals surface area (Å²) in [6, 6.07) is 4.16. The maximum Gasteiger partial charge on any atom is 0.0270 e. The van der Waals surface area contributed by atoms with Gasteiger partial charge in [-0.3, -0.25) is 4.98 Å². The standard InChI is InChI=1S/C11H15N/c1-3-4-5-10(2)11-6-8-12-9-7-11/h3-4,6-10H,5H2,1-2H3/b4-3-. The van der Waals surface area contributed by atoms with Gasteiger partial charge in [0, 0.05) is 12.4 Å². The quantitative estimate of drug-likeness (QED) is 0.620. The van der Waals surface area contributed by atoms with Crippen LogP contribution in [0.2, 0.25) is 0 Å². The number of allylic oxidation sites excluding steroid dienone is 2. The van der Waals surface area contributed by atoms with Crippen LogP contribution in [0.5, 0.6) is 0 Å². The first kappa shape index (κ1) is 8.98. The minimum absolute atomic E-state index is 0.601. The zero-order valence-corrected chi connectivity index (χ0v) is 7.70. The van der Waals surface area contributed by atoms with Crippen molar-refractivity contribution in [3.8, 4) is 0 Å². The van der Waals surface area contributed by atoms with Crippen molar-refractivity contribution < 1.29 is 0 Å². The average molecular weight is 161 g/mol. The molecule has 0 radical (unpaired) electrons. The van der Waals surface area contributed by atoms with Crippen molar-refractivity contribution in [2.75, 3.05) is 0 Å². The van der Waals surface area contributed by atoms with Gasteiger partial charge in [0.1, 0.15) is 0 Å². The highest BCUT2D eigenvalue weighted by atomic mass is 14.6. The summed E-state index contributed by atoms with van der Waals surface area (Å²) in [6.45, 7) is 4.29. The highest BCUT2D eigenvalue weighted by Crippen LogP contribution is 2.17. The molecule has 12 heavy (non-hydrogen) atoms. The van der Waals surface area contributed by atoms with Gasteiger partial charge < -0.3 is 0 Å². The van der Waals surface area contributed by atoms with E-state index in [0.29, 0.717) is 5.92 Å². The summed E-state index contributed by atoms with van der Waals surface area (Å²) in [5.74, 6) is 0.601. The van der Waals surface area contributed by atoms with Crippen LogP contribution in [0.1, 0.15) is 31.7 Å². The third-order valence-corrected chi connectivity index (χ3v) is 2.00. The summed E-state index contributed by atoms with van der Waals surface area (Å²) in [5, 5.41) is 0. The highest BCUT2D eigenvalue weighted by Gasteiger charge is 2.00. The van der Waals surface area contributed by atoms with Crippen LogP contribution in [0.3, 0.4) is 0 Å². The Hall–Kier alpha value is -1.11. The summed E-state index contributed by atoms with van der Waals surface area (Å²) in [4.78, 5) is 3.99. The predicted octanol–water partition coefficient (Wildman–Crippen LogP) is 3.15. The van der Waals surface area contributed by atoms with E-state index in [2.05, 4.69) is 43.1 Å². The Bertz CT molecular complexity index is 238. The fourth-order valence-corrected chi connectivity index (χ4v) is 1.17. The van der Waals surface area contributed by atoms with E-state index < -0.39 is 0 Å². The summed E-state index contributed by atoms with van der Waals surface area (Å²) < 4.78 is 0. The molecule has 64 valence electrons. The molecule has 1 nitrogen and oxygen atoms in total. The van der Waals surface area contributed by atoms with Crippen LogP contribution >= 0.6 is 0 Å². The van der Waals surface area contributed by atoms with Gasteiger partial charge in [0.15, 0.2) is 0 Å². The number of hydrogen-bond donors (Lipinski definition) is 0. The van der Waals surface area contributed by atoms with E-state index in [4.69, 9.17) is 0 Å². The second-order valence-electron chi connectivity index (χ2n) is 2.99. The Morgan fingerprint density at radius 3 is 2.67 bits per heavy atom. The van der Waals surface area contributed by atoms with Crippen molar-refractivity contribution >= 4 is 0 Å². The molecule has 0 aromatic carbocycles. The minimum atomic E-state index is 0.601. The highest BCUT2D eigenvalue weighted by molar-refractivity contribution is 5.15. The van der Waals surface area contributed by atoms with Crippen LogP contribution in [0.25, 0.3) is 0 Å². The molecule has 1 heterocycles. The Morgan fingerprint density at radius 2 is 2.08 bits per heavy atom. The van der Waals surface area contributed by atoms with Crippen LogP contribution in [-0.2, 0) is 0 Å². The fraction of sp³-hybridized carbons (Fsp3) is 0.364. The van der Waals surface area contributed by atoms with Gasteiger partial charge in [0.05, 0.1) is 0 Å². The molecule has 0 aliphatic rings. The second kappa shape index (κ2) is 4.70. The lowest BCUT2D eigenvalue weighted by Crippen LogP contribution is -1.90. The normalized spacial score (nSPS) is 13.5. The molecule has 1 heteroatoms. The second-order valence-corrected chi connectivity index (χ2v) is 2.99. The van der Waals surface area contributed by atoms with Crippen LogP contribution < -0.4 is 0 Å². The molecule has 1 aromatic rings.